The van der Waals surface area contributed by atoms with E-state index < -0.39 is 5.91 Å². The van der Waals surface area contributed by atoms with Gasteiger partial charge in [-0.2, -0.15) is 0 Å². The van der Waals surface area contributed by atoms with E-state index in [4.69, 9.17) is 28.4 Å². The number of nitrogens with zero attached hydrogens (tertiary/aromatic N) is 1. The maximum atomic E-state index is 13.2. The highest BCUT2D eigenvalue weighted by Gasteiger charge is 2.39. The van der Waals surface area contributed by atoms with E-state index in [-0.39, 0.29) is 30.6 Å². The highest BCUT2D eigenvalue weighted by Crippen LogP contribution is 2.39. The molecule has 0 saturated carbocycles. The normalized spacial score (nSPS) is 13.6. The van der Waals surface area contributed by atoms with E-state index >= 15 is 0 Å². The molecule has 2 amide bonds. The van der Waals surface area contributed by atoms with E-state index in [9.17, 15) is 9.59 Å². The third-order valence-corrected chi connectivity index (χ3v) is 6.47. The second-order valence-corrected chi connectivity index (χ2v) is 8.55. The summed E-state index contributed by atoms with van der Waals surface area (Å²) in [5.41, 5.74) is 3.34. The van der Waals surface area contributed by atoms with Crippen molar-refractivity contribution >= 4 is 11.8 Å². The predicted molar refractivity (Wildman–Crippen MR) is 133 cm³/mol. The second-order valence-electron chi connectivity index (χ2n) is 8.55. The fourth-order valence-corrected chi connectivity index (χ4v) is 4.52. The molecule has 0 spiro atoms. The first-order valence-corrected chi connectivity index (χ1v) is 11.8. The van der Waals surface area contributed by atoms with Crippen molar-refractivity contribution in [1.82, 2.24) is 4.90 Å². The molecule has 2 aliphatic heterocycles. The Labute approximate surface area is 214 Å². The molecule has 0 fully saturated rings. The standard InChI is InChI=1S/C28H27NO8/c1-32-20-6-4-17(5-7-20)14-35-15-19-13-24-23(36-16-37-24)12-18(19)10-11-29-27(30)21-8-9-22(33-2)26(34-3)25(21)28(29)31/h4-9,12-13H,10-11,14-16H2,1-3H3. The molecule has 0 unspecified atom stereocenters. The number of ether oxygens (including phenoxy) is 6. The van der Waals surface area contributed by atoms with Gasteiger partial charge in [0.1, 0.15) is 5.75 Å². The van der Waals surface area contributed by atoms with Crippen molar-refractivity contribution in [3.8, 4) is 28.7 Å². The summed E-state index contributed by atoms with van der Waals surface area (Å²) in [5, 5.41) is 0. The van der Waals surface area contributed by atoms with E-state index in [1.807, 2.05) is 36.4 Å². The number of methoxy groups -OCH3 is 3. The number of hydrogen-bond donors (Lipinski definition) is 0. The van der Waals surface area contributed by atoms with Crippen molar-refractivity contribution in [2.45, 2.75) is 19.6 Å². The van der Waals surface area contributed by atoms with Crippen LogP contribution in [-0.2, 0) is 24.4 Å². The van der Waals surface area contributed by atoms with Crippen LogP contribution in [0.5, 0.6) is 28.7 Å². The number of amides is 2. The number of fused-ring (bicyclic) bond motifs is 2. The van der Waals surface area contributed by atoms with E-state index in [0.29, 0.717) is 42.4 Å². The summed E-state index contributed by atoms with van der Waals surface area (Å²) in [6.07, 6.45) is 0.419. The largest absolute Gasteiger partial charge is 0.497 e. The number of rotatable bonds is 10. The molecular weight excluding hydrogens is 478 g/mol. The molecule has 3 aromatic carbocycles. The SMILES string of the molecule is COc1ccc(COCc2cc3c(cc2CCN2C(=O)c4ccc(OC)c(OC)c4C2=O)OCO3)cc1. The Kier molecular flexibility index (Phi) is 6.87. The van der Waals surface area contributed by atoms with Crippen LogP contribution in [-0.4, -0.2) is 51.4 Å². The van der Waals surface area contributed by atoms with E-state index in [1.54, 1.807) is 19.2 Å². The van der Waals surface area contributed by atoms with Gasteiger partial charge in [-0.1, -0.05) is 12.1 Å². The van der Waals surface area contributed by atoms with Gasteiger partial charge in [-0.15, -0.1) is 0 Å². The van der Waals surface area contributed by atoms with Gasteiger partial charge < -0.3 is 28.4 Å². The van der Waals surface area contributed by atoms with Crippen molar-refractivity contribution in [3.05, 3.63) is 76.3 Å². The van der Waals surface area contributed by atoms with Crippen LogP contribution in [0.15, 0.2) is 48.5 Å². The lowest BCUT2D eigenvalue weighted by molar-refractivity contribution is 0.0654. The van der Waals surface area contributed by atoms with Crippen LogP contribution in [0.1, 0.15) is 37.4 Å². The zero-order valence-corrected chi connectivity index (χ0v) is 20.9. The molecule has 0 atom stereocenters. The Bertz CT molecular complexity index is 1330. The maximum absolute atomic E-state index is 13.2. The lowest BCUT2D eigenvalue weighted by atomic mass is 10.0. The first kappa shape index (κ1) is 24.5. The molecule has 0 radical (unpaired) electrons. The van der Waals surface area contributed by atoms with Gasteiger partial charge in [0.25, 0.3) is 11.8 Å². The van der Waals surface area contributed by atoms with Crippen LogP contribution in [0.25, 0.3) is 0 Å². The van der Waals surface area contributed by atoms with Crippen molar-refractivity contribution in [2.24, 2.45) is 0 Å². The second kappa shape index (κ2) is 10.4. The average molecular weight is 506 g/mol. The fraction of sp³-hybridized carbons (Fsp3) is 0.286. The Morgan fingerprint density at radius 2 is 1.54 bits per heavy atom. The van der Waals surface area contributed by atoms with Gasteiger partial charge in [0, 0.05) is 6.54 Å². The average Bonchev–Trinajstić information content (AvgIpc) is 3.48. The molecule has 9 heteroatoms. The first-order chi connectivity index (χ1) is 18.0. The molecule has 192 valence electrons. The van der Waals surface area contributed by atoms with Gasteiger partial charge in [-0.05, 0) is 59.5 Å². The van der Waals surface area contributed by atoms with Crippen molar-refractivity contribution in [1.29, 1.82) is 0 Å². The molecule has 0 aromatic heterocycles. The third-order valence-electron chi connectivity index (χ3n) is 6.47. The van der Waals surface area contributed by atoms with Crippen molar-refractivity contribution < 1.29 is 38.0 Å². The van der Waals surface area contributed by atoms with Gasteiger partial charge in [0.15, 0.2) is 23.0 Å². The minimum atomic E-state index is -0.409. The highest BCUT2D eigenvalue weighted by molar-refractivity contribution is 6.23. The molecule has 9 nitrogen and oxygen atoms in total. The van der Waals surface area contributed by atoms with Gasteiger partial charge in [0.2, 0.25) is 6.79 Å². The quantitative estimate of drug-likeness (QED) is 0.382. The summed E-state index contributed by atoms with van der Waals surface area (Å²) < 4.78 is 33.0. The smallest absolute Gasteiger partial charge is 0.265 e. The molecule has 3 aromatic rings. The number of benzene rings is 3. The molecule has 2 aliphatic rings. The lowest BCUT2D eigenvalue weighted by Crippen LogP contribution is -2.32. The van der Waals surface area contributed by atoms with E-state index in [2.05, 4.69) is 0 Å². The maximum Gasteiger partial charge on any atom is 0.265 e. The molecule has 37 heavy (non-hydrogen) atoms. The molecule has 5 rings (SSSR count). The minimum Gasteiger partial charge on any atom is -0.497 e. The molecule has 0 bridgehead atoms. The summed E-state index contributed by atoms with van der Waals surface area (Å²) in [5.74, 6) is 1.94. The first-order valence-electron chi connectivity index (χ1n) is 11.8. The third kappa shape index (κ3) is 4.65. The van der Waals surface area contributed by atoms with E-state index in [1.165, 1.54) is 19.1 Å². The lowest BCUT2D eigenvalue weighted by Gasteiger charge is -2.17. The fourth-order valence-electron chi connectivity index (χ4n) is 4.52. The molecule has 0 aliphatic carbocycles. The monoisotopic (exact) mass is 505 g/mol. The summed E-state index contributed by atoms with van der Waals surface area (Å²) in [4.78, 5) is 27.5. The van der Waals surface area contributed by atoms with Crippen LogP contribution in [0.3, 0.4) is 0 Å². The van der Waals surface area contributed by atoms with Gasteiger partial charge in [-0.25, -0.2) is 0 Å². The molecule has 0 N–H and O–H groups in total. The molecular formula is C28H27NO8. The Morgan fingerprint density at radius 3 is 2.22 bits per heavy atom. The van der Waals surface area contributed by atoms with Crippen molar-refractivity contribution in [3.63, 3.8) is 0 Å². The summed E-state index contributed by atoms with van der Waals surface area (Å²) in [7, 11) is 4.56. The summed E-state index contributed by atoms with van der Waals surface area (Å²) in [6, 6.07) is 14.7. The summed E-state index contributed by atoms with van der Waals surface area (Å²) in [6.45, 7) is 1.07. The van der Waals surface area contributed by atoms with Gasteiger partial charge in [-0.3, -0.25) is 14.5 Å². The van der Waals surface area contributed by atoms with Gasteiger partial charge >= 0.3 is 0 Å². The highest BCUT2D eigenvalue weighted by atomic mass is 16.7. The Morgan fingerprint density at radius 1 is 0.811 bits per heavy atom. The molecule has 2 heterocycles. The predicted octanol–water partition coefficient (Wildman–Crippen LogP) is 4.00. The van der Waals surface area contributed by atoms with Crippen molar-refractivity contribution in [2.75, 3.05) is 34.7 Å². The van der Waals surface area contributed by atoms with Crippen LogP contribution >= 0.6 is 0 Å². The zero-order valence-electron chi connectivity index (χ0n) is 20.9. The summed E-state index contributed by atoms with van der Waals surface area (Å²) >= 11 is 0. The van der Waals surface area contributed by atoms with Crippen LogP contribution in [0, 0.1) is 0 Å². The number of carbonyl (C=O) groups excluding carboxylic acids is 2. The number of hydrogen-bond acceptors (Lipinski definition) is 8. The van der Waals surface area contributed by atoms with Crippen LogP contribution < -0.4 is 23.7 Å². The number of carbonyl (C=O) groups is 2. The Balaban J connectivity index is 1.32. The topological polar surface area (TPSA) is 92.8 Å². The minimum absolute atomic E-state index is 0.144. The zero-order chi connectivity index (χ0) is 25.9. The Hall–Kier alpha value is -4.24. The van der Waals surface area contributed by atoms with Gasteiger partial charge in [0.05, 0.1) is 45.7 Å². The van der Waals surface area contributed by atoms with Crippen LogP contribution in [0.4, 0.5) is 0 Å². The molecule has 0 saturated heterocycles. The van der Waals surface area contributed by atoms with Crippen LogP contribution in [0.2, 0.25) is 0 Å². The number of imide groups is 1. The van der Waals surface area contributed by atoms with E-state index in [0.717, 1.165) is 22.4 Å².